The molecule has 2 aliphatic heterocycles. The van der Waals surface area contributed by atoms with Crippen molar-refractivity contribution in [2.75, 3.05) is 19.8 Å². The van der Waals surface area contributed by atoms with E-state index in [1.165, 1.54) is 32.1 Å². The van der Waals surface area contributed by atoms with Crippen LogP contribution < -0.4 is 0 Å². The second-order valence-electron chi connectivity index (χ2n) is 7.97. The highest BCUT2D eigenvalue weighted by molar-refractivity contribution is 5.98. The number of hydrogen-bond donors (Lipinski definition) is 0. The van der Waals surface area contributed by atoms with Gasteiger partial charge in [0.15, 0.2) is 18.4 Å². The number of allylic oxidation sites excluding steroid dienone is 1. The highest BCUT2D eigenvalue weighted by Gasteiger charge is 2.27. The van der Waals surface area contributed by atoms with Crippen LogP contribution in [0.3, 0.4) is 0 Å². The molecule has 154 valence electrons. The number of rotatable bonds is 11. The molecule has 3 rings (SSSR count). The summed E-state index contributed by atoms with van der Waals surface area (Å²) < 4.78 is 22.9. The Morgan fingerprint density at radius 3 is 2.33 bits per heavy atom. The normalized spacial score (nSPS) is 29.1. The molecule has 27 heavy (non-hydrogen) atoms. The minimum atomic E-state index is -0.117. The van der Waals surface area contributed by atoms with Crippen molar-refractivity contribution in [1.29, 1.82) is 0 Å². The van der Waals surface area contributed by atoms with E-state index in [4.69, 9.17) is 18.9 Å². The Balaban J connectivity index is 1.20. The number of ether oxygens (including phenoxy) is 4. The molecule has 0 N–H and O–H groups in total. The van der Waals surface area contributed by atoms with E-state index in [-0.39, 0.29) is 24.5 Å². The number of unbranched alkanes of at least 4 members (excludes halogenated alkanes) is 4. The molecule has 0 bridgehead atoms. The molecule has 0 aromatic carbocycles. The van der Waals surface area contributed by atoms with Crippen LogP contribution in [0.4, 0.5) is 0 Å². The van der Waals surface area contributed by atoms with Gasteiger partial charge in [-0.1, -0.05) is 19.3 Å². The first kappa shape index (κ1) is 21.0. The van der Waals surface area contributed by atoms with Crippen LogP contribution in [0.25, 0.3) is 0 Å². The van der Waals surface area contributed by atoms with E-state index in [1.54, 1.807) is 0 Å². The maximum atomic E-state index is 12.2. The lowest BCUT2D eigenvalue weighted by atomic mass is 10.0. The molecule has 5 nitrogen and oxygen atoms in total. The molecule has 0 aromatic heterocycles. The van der Waals surface area contributed by atoms with Crippen LogP contribution in [0.15, 0.2) is 11.6 Å². The SMILES string of the molecule is O=C1C[C@@H](OC2CCCCO2)C=C1CCCCCCCOC1CCCCO1. The maximum absolute atomic E-state index is 12.2. The van der Waals surface area contributed by atoms with E-state index >= 15 is 0 Å². The number of Topliss-reactive ketones (excluding diaryl/α,β-unsaturated/α-hetero) is 1. The molecule has 0 amide bonds. The number of carbonyl (C=O) groups excluding carboxylic acids is 1. The van der Waals surface area contributed by atoms with Gasteiger partial charge in [0, 0.05) is 26.2 Å². The standard InChI is InChI=1S/C22H36O5/c23-20-17-19(27-22-12-6-9-15-26-22)16-18(20)10-4-2-1-3-7-13-24-21-11-5-8-14-25-21/h16,19,21-22H,1-15,17H2/t19-,21?,22?/m0/s1. The Morgan fingerprint density at radius 2 is 1.59 bits per heavy atom. The molecule has 2 unspecified atom stereocenters. The zero-order valence-corrected chi connectivity index (χ0v) is 16.7. The third kappa shape index (κ3) is 7.65. The summed E-state index contributed by atoms with van der Waals surface area (Å²) in [5.41, 5.74) is 0.966. The molecular weight excluding hydrogens is 344 g/mol. The minimum Gasteiger partial charge on any atom is -0.353 e. The van der Waals surface area contributed by atoms with Crippen molar-refractivity contribution in [3.05, 3.63) is 11.6 Å². The fraction of sp³-hybridized carbons (Fsp3) is 0.864. The zero-order chi connectivity index (χ0) is 18.7. The average molecular weight is 381 g/mol. The molecule has 5 heteroatoms. The molecule has 0 aromatic rings. The van der Waals surface area contributed by atoms with Crippen molar-refractivity contribution in [3.63, 3.8) is 0 Å². The summed E-state index contributed by atoms with van der Waals surface area (Å²) in [5.74, 6) is 0.261. The van der Waals surface area contributed by atoms with E-state index < -0.39 is 0 Å². The third-order valence-corrected chi connectivity index (χ3v) is 5.63. The van der Waals surface area contributed by atoms with Crippen molar-refractivity contribution in [2.24, 2.45) is 0 Å². The van der Waals surface area contributed by atoms with Crippen LogP contribution in [0.2, 0.25) is 0 Å². The Morgan fingerprint density at radius 1 is 0.889 bits per heavy atom. The van der Waals surface area contributed by atoms with Crippen molar-refractivity contribution in [2.45, 2.75) is 102 Å². The second kappa shape index (κ2) is 11.9. The third-order valence-electron chi connectivity index (χ3n) is 5.63. The Bertz CT molecular complexity index is 463. The number of carbonyl (C=O) groups is 1. The van der Waals surface area contributed by atoms with Gasteiger partial charge in [-0.15, -0.1) is 0 Å². The van der Waals surface area contributed by atoms with Crippen molar-refractivity contribution in [1.82, 2.24) is 0 Å². The fourth-order valence-electron chi connectivity index (χ4n) is 4.02. The van der Waals surface area contributed by atoms with Gasteiger partial charge >= 0.3 is 0 Å². The Kier molecular flexibility index (Phi) is 9.28. The van der Waals surface area contributed by atoms with E-state index in [0.717, 1.165) is 70.3 Å². The predicted molar refractivity (Wildman–Crippen MR) is 103 cm³/mol. The van der Waals surface area contributed by atoms with Crippen LogP contribution in [-0.2, 0) is 23.7 Å². The lowest BCUT2D eigenvalue weighted by Gasteiger charge is -2.24. The second-order valence-corrected chi connectivity index (χ2v) is 7.97. The van der Waals surface area contributed by atoms with Gasteiger partial charge in [0.2, 0.25) is 0 Å². The van der Waals surface area contributed by atoms with E-state index in [0.29, 0.717) is 6.42 Å². The first-order valence-corrected chi connectivity index (χ1v) is 11.1. The average Bonchev–Trinajstić information content (AvgIpc) is 3.04. The van der Waals surface area contributed by atoms with Gasteiger partial charge in [-0.3, -0.25) is 4.79 Å². The lowest BCUT2D eigenvalue weighted by Crippen LogP contribution is -2.26. The monoisotopic (exact) mass is 380 g/mol. The first-order valence-electron chi connectivity index (χ1n) is 11.1. The summed E-state index contributed by atoms with van der Waals surface area (Å²) in [6, 6.07) is 0. The van der Waals surface area contributed by atoms with Crippen LogP contribution in [-0.4, -0.2) is 44.3 Å². The van der Waals surface area contributed by atoms with Gasteiger partial charge in [-0.2, -0.15) is 0 Å². The van der Waals surface area contributed by atoms with Gasteiger partial charge in [0.05, 0.1) is 6.10 Å². The molecule has 1 aliphatic carbocycles. The number of ketones is 1. The van der Waals surface area contributed by atoms with Gasteiger partial charge in [0.1, 0.15) is 0 Å². The molecular formula is C22H36O5. The first-order chi connectivity index (χ1) is 13.3. The summed E-state index contributed by atoms with van der Waals surface area (Å²) in [7, 11) is 0. The van der Waals surface area contributed by atoms with E-state index in [1.807, 2.05) is 6.08 Å². The van der Waals surface area contributed by atoms with Crippen LogP contribution in [0.1, 0.15) is 83.5 Å². The Hall–Kier alpha value is -0.750. The van der Waals surface area contributed by atoms with E-state index in [9.17, 15) is 4.79 Å². The lowest BCUT2D eigenvalue weighted by molar-refractivity contribution is -0.178. The van der Waals surface area contributed by atoms with Gasteiger partial charge < -0.3 is 18.9 Å². The molecule has 2 fully saturated rings. The molecule has 0 spiro atoms. The molecule has 2 heterocycles. The van der Waals surface area contributed by atoms with Crippen molar-refractivity contribution >= 4 is 5.78 Å². The highest BCUT2D eigenvalue weighted by Crippen LogP contribution is 2.26. The molecule has 0 radical (unpaired) electrons. The highest BCUT2D eigenvalue weighted by atomic mass is 16.7. The summed E-state index contributed by atoms with van der Waals surface area (Å²) >= 11 is 0. The topological polar surface area (TPSA) is 54.0 Å². The van der Waals surface area contributed by atoms with Crippen LogP contribution in [0.5, 0.6) is 0 Å². The minimum absolute atomic E-state index is 0.0354. The largest absolute Gasteiger partial charge is 0.353 e. The Labute approximate surface area is 163 Å². The summed E-state index contributed by atoms with van der Waals surface area (Å²) in [4.78, 5) is 12.2. The molecule has 3 aliphatic rings. The van der Waals surface area contributed by atoms with Gasteiger partial charge in [-0.25, -0.2) is 0 Å². The van der Waals surface area contributed by atoms with Crippen LogP contribution >= 0.6 is 0 Å². The van der Waals surface area contributed by atoms with Gasteiger partial charge in [-0.05, 0) is 69.4 Å². The zero-order valence-electron chi connectivity index (χ0n) is 16.7. The molecule has 2 saturated heterocycles. The molecule has 3 atom stereocenters. The molecule has 0 saturated carbocycles. The predicted octanol–water partition coefficient (Wildman–Crippen LogP) is 4.68. The fourth-order valence-corrected chi connectivity index (χ4v) is 4.02. The van der Waals surface area contributed by atoms with E-state index in [2.05, 4.69) is 0 Å². The summed E-state index contributed by atoms with van der Waals surface area (Å²) in [6.45, 7) is 2.43. The smallest absolute Gasteiger partial charge is 0.161 e. The summed E-state index contributed by atoms with van der Waals surface area (Å²) in [5, 5.41) is 0. The number of hydrogen-bond acceptors (Lipinski definition) is 5. The van der Waals surface area contributed by atoms with Crippen molar-refractivity contribution in [3.8, 4) is 0 Å². The van der Waals surface area contributed by atoms with Crippen LogP contribution in [0, 0.1) is 0 Å². The maximum Gasteiger partial charge on any atom is 0.161 e. The quantitative estimate of drug-likeness (QED) is 0.487. The van der Waals surface area contributed by atoms with Crippen molar-refractivity contribution < 1.29 is 23.7 Å². The summed E-state index contributed by atoms with van der Waals surface area (Å²) in [6.07, 6.45) is 15.6. The van der Waals surface area contributed by atoms with Gasteiger partial charge in [0.25, 0.3) is 0 Å².